The molecular formula is C16H24N2O. The van der Waals surface area contributed by atoms with Gasteiger partial charge >= 0.3 is 0 Å². The van der Waals surface area contributed by atoms with Crippen molar-refractivity contribution in [1.29, 1.82) is 0 Å². The van der Waals surface area contributed by atoms with Crippen molar-refractivity contribution in [3.63, 3.8) is 0 Å². The Balaban J connectivity index is 1.83. The largest absolute Gasteiger partial charge is 0.355 e. The zero-order chi connectivity index (χ0) is 13.9. The van der Waals surface area contributed by atoms with Crippen molar-refractivity contribution >= 4 is 5.91 Å². The smallest absolute Gasteiger partial charge is 0.227 e. The lowest BCUT2D eigenvalue weighted by Gasteiger charge is -2.15. The third-order valence-corrected chi connectivity index (χ3v) is 4.03. The fourth-order valence-corrected chi connectivity index (χ4v) is 2.54. The fourth-order valence-electron chi connectivity index (χ4n) is 2.54. The number of amides is 1. The van der Waals surface area contributed by atoms with Gasteiger partial charge in [0.2, 0.25) is 5.91 Å². The summed E-state index contributed by atoms with van der Waals surface area (Å²) < 4.78 is 0. The number of carbonyl (C=O) groups excluding carboxylic acids is 1. The number of hydrogen-bond donors (Lipinski definition) is 2. The summed E-state index contributed by atoms with van der Waals surface area (Å²) in [7, 11) is 1.91. The molecule has 3 heteroatoms. The molecule has 2 rings (SSSR count). The van der Waals surface area contributed by atoms with E-state index in [1.165, 1.54) is 16.7 Å². The van der Waals surface area contributed by atoms with Crippen LogP contribution in [0.5, 0.6) is 0 Å². The summed E-state index contributed by atoms with van der Waals surface area (Å²) in [6.45, 7) is 5.75. The third kappa shape index (κ3) is 3.35. The van der Waals surface area contributed by atoms with Gasteiger partial charge in [-0.25, -0.2) is 0 Å². The molecule has 0 aromatic heterocycles. The van der Waals surface area contributed by atoms with Crippen LogP contribution in [0.2, 0.25) is 0 Å². The maximum Gasteiger partial charge on any atom is 0.227 e. The zero-order valence-corrected chi connectivity index (χ0v) is 12.2. The highest BCUT2D eigenvalue weighted by Gasteiger charge is 2.48. The van der Waals surface area contributed by atoms with Crippen LogP contribution < -0.4 is 10.6 Å². The van der Waals surface area contributed by atoms with Crippen molar-refractivity contribution in [2.24, 2.45) is 5.41 Å². The molecule has 0 unspecified atom stereocenters. The second-order valence-electron chi connectivity index (χ2n) is 5.75. The maximum atomic E-state index is 12.1. The number of aryl methyl sites for hydroxylation is 2. The van der Waals surface area contributed by atoms with Crippen LogP contribution in [0.25, 0.3) is 0 Å². The minimum absolute atomic E-state index is 0.115. The second-order valence-corrected chi connectivity index (χ2v) is 5.75. The first-order valence-electron chi connectivity index (χ1n) is 7.06. The molecule has 1 amide bonds. The Hall–Kier alpha value is -1.35. The predicted octanol–water partition coefficient (Wildman–Crippen LogP) is 1.96. The first-order valence-corrected chi connectivity index (χ1v) is 7.06. The highest BCUT2D eigenvalue weighted by atomic mass is 16.2. The van der Waals surface area contributed by atoms with Gasteiger partial charge in [0.05, 0.1) is 5.41 Å². The SMILES string of the molecule is CNCC1(C(=O)NCCc2cc(C)ccc2C)CC1. The highest BCUT2D eigenvalue weighted by molar-refractivity contribution is 5.85. The van der Waals surface area contributed by atoms with Gasteiger partial charge in [-0.15, -0.1) is 0 Å². The number of rotatable bonds is 6. The van der Waals surface area contributed by atoms with Crippen LogP contribution in [0.15, 0.2) is 18.2 Å². The molecule has 1 aromatic rings. The van der Waals surface area contributed by atoms with Gasteiger partial charge in [-0.2, -0.15) is 0 Å². The Labute approximate surface area is 115 Å². The van der Waals surface area contributed by atoms with Gasteiger partial charge in [0.15, 0.2) is 0 Å². The van der Waals surface area contributed by atoms with Crippen LogP contribution in [0.3, 0.4) is 0 Å². The molecule has 0 aliphatic heterocycles. The van der Waals surface area contributed by atoms with Crippen LogP contribution in [0, 0.1) is 19.3 Å². The summed E-state index contributed by atoms with van der Waals surface area (Å²) in [4.78, 5) is 12.1. The van der Waals surface area contributed by atoms with Gasteiger partial charge in [-0.05, 0) is 51.3 Å². The molecule has 0 heterocycles. The Morgan fingerprint density at radius 1 is 1.32 bits per heavy atom. The lowest BCUT2D eigenvalue weighted by molar-refractivity contribution is -0.126. The lowest BCUT2D eigenvalue weighted by Crippen LogP contribution is -2.38. The summed E-state index contributed by atoms with van der Waals surface area (Å²) in [6.07, 6.45) is 2.95. The molecule has 0 atom stereocenters. The number of carbonyl (C=O) groups is 1. The summed E-state index contributed by atoms with van der Waals surface area (Å²) in [5, 5.41) is 6.20. The molecule has 0 saturated heterocycles. The van der Waals surface area contributed by atoms with Gasteiger partial charge in [0.1, 0.15) is 0 Å². The van der Waals surface area contributed by atoms with E-state index < -0.39 is 0 Å². The van der Waals surface area contributed by atoms with Crippen molar-refractivity contribution in [2.45, 2.75) is 33.1 Å². The van der Waals surface area contributed by atoms with E-state index in [-0.39, 0.29) is 11.3 Å². The monoisotopic (exact) mass is 260 g/mol. The predicted molar refractivity (Wildman–Crippen MR) is 78.2 cm³/mol. The standard InChI is InChI=1S/C16H24N2O/c1-12-4-5-13(2)14(10-12)6-9-18-15(19)16(7-8-16)11-17-3/h4-5,10,17H,6-9,11H2,1-3H3,(H,18,19). The van der Waals surface area contributed by atoms with Gasteiger partial charge in [0.25, 0.3) is 0 Å². The van der Waals surface area contributed by atoms with Crippen molar-refractivity contribution < 1.29 is 4.79 Å². The Morgan fingerprint density at radius 3 is 2.68 bits per heavy atom. The molecule has 3 nitrogen and oxygen atoms in total. The molecule has 0 spiro atoms. The van der Waals surface area contributed by atoms with E-state index in [1.807, 2.05) is 7.05 Å². The van der Waals surface area contributed by atoms with Crippen LogP contribution in [0.4, 0.5) is 0 Å². The van der Waals surface area contributed by atoms with Crippen molar-refractivity contribution in [1.82, 2.24) is 10.6 Å². The number of nitrogens with one attached hydrogen (secondary N) is 2. The minimum atomic E-state index is -0.115. The summed E-state index contributed by atoms with van der Waals surface area (Å²) in [6, 6.07) is 6.49. The lowest BCUT2D eigenvalue weighted by atomic mass is 10.0. The first kappa shape index (κ1) is 14.1. The number of benzene rings is 1. The van der Waals surface area contributed by atoms with E-state index in [4.69, 9.17) is 0 Å². The van der Waals surface area contributed by atoms with E-state index in [2.05, 4.69) is 42.7 Å². The highest BCUT2D eigenvalue weighted by Crippen LogP contribution is 2.45. The molecule has 1 aliphatic carbocycles. The maximum absolute atomic E-state index is 12.1. The molecule has 1 fully saturated rings. The van der Waals surface area contributed by atoms with Crippen molar-refractivity contribution in [2.75, 3.05) is 20.1 Å². The summed E-state index contributed by atoms with van der Waals surface area (Å²) >= 11 is 0. The van der Waals surface area contributed by atoms with Crippen LogP contribution in [-0.2, 0) is 11.2 Å². The second kappa shape index (κ2) is 5.74. The molecule has 1 aliphatic rings. The molecule has 19 heavy (non-hydrogen) atoms. The Kier molecular flexibility index (Phi) is 4.25. The quantitative estimate of drug-likeness (QED) is 0.821. The van der Waals surface area contributed by atoms with E-state index >= 15 is 0 Å². The summed E-state index contributed by atoms with van der Waals surface area (Å²) in [5.41, 5.74) is 3.80. The average molecular weight is 260 g/mol. The molecule has 1 aromatic carbocycles. The van der Waals surface area contributed by atoms with Crippen LogP contribution in [0.1, 0.15) is 29.5 Å². The van der Waals surface area contributed by atoms with Gasteiger partial charge in [-0.1, -0.05) is 23.8 Å². The molecule has 1 saturated carbocycles. The fraction of sp³-hybridized carbons (Fsp3) is 0.562. The molecule has 104 valence electrons. The van der Waals surface area contributed by atoms with E-state index in [0.29, 0.717) is 0 Å². The summed E-state index contributed by atoms with van der Waals surface area (Å²) in [5.74, 6) is 0.215. The molecule has 0 radical (unpaired) electrons. The van der Waals surface area contributed by atoms with E-state index in [9.17, 15) is 4.79 Å². The third-order valence-electron chi connectivity index (χ3n) is 4.03. The minimum Gasteiger partial charge on any atom is -0.355 e. The van der Waals surface area contributed by atoms with E-state index in [1.54, 1.807) is 0 Å². The first-order chi connectivity index (χ1) is 9.07. The van der Waals surface area contributed by atoms with Gasteiger partial charge < -0.3 is 10.6 Å². The van der Waals surface area contributed by atoms with Gasteiger partial charge in [-0.3, -0.25) is 4.79 Å². The van der Waals surface area contributed by atoms with Gasteiger partial charge in [0, 0.05) is 13.1 Å². The average Bonchev–Trinajstić information content (AvgIpc) is 3.15. The van der Waals surface area contributed by atoms with Crippen LogP contribution in [-0.4, -0.2) is 26.0 Å². The van der Waals surface area contributed by atoms with Crippen molar-refractivity contribution in [3.8, 4) is 0 Å². The zero-order valence-electron chi connectivity index (χ0n) is 12.2. The molecular weight excluding hydrogens is 236 g/mol. The topological polar surface area (TPSA) is 41.1 Å². The van der Waals surface area contributed by atoms with Crippen LogP contribution >= 0.6 is 0 Å². The van der Waals surface area contributed by atoms with Crippen molar-refractivity contribution in [3.05, 3.63) is 34.9 Å². The molecule has 0 bridgehead atoms. The number of hydrogen-bond acceptors (Lipinski definition) is 2. The Bertz CT molecular complexity index is 464. The Morgan fingerprint density at radius 2 is 2.05 bits per heavy atom. The molecule has 2 N–H and O–H groups in total. The normalized spacial score (nSPS) is 16.2. The van der Waals surface area contributed by atoms with E-state index in [0.717, 1.165) is 32.4 Å².